The number of hydrogen-bond acceptors (Lipinski definition) is 3. The topological polar surface area (TPSA) is 46.5 Å². The lowest BCUT2D eigenvalue weighted by molar-refractivity contribution is -0.122. The number of nitrogens with zero attached hydrogens (tertiary/aromatic N) is 2. The largest absolute Gasteiger partial charge is 0.383 e. The highest BCUT2D eigenvalue weighted by atomic mass is 16.5. The third-order valence-electron chi connectivity index (χ3n) is 4.94. The molecule has 0 fully saturated rings. The molecule has 5 nitrogen and oxygen atoms in total. The summed E-state index contributed by atoms with van der Waals surface area (Å²) >= 11 is 0. The third-order valence-corrected chi connectivity index (χ3v) is 4.94. The number of carbonyl (C=O) groups is 1. The van der Waals surface area contributed by atoms with Crippen molar-refractivity contribution in [1.29, 1.82) is 0 Å². The maximum absolute atomic E-state index is 12.2. The molecule has 1 aliphatic heterocycles. The van der Waals surface area contributed by atoms with Crippen LogP contribution in [-0.2, 0) is 29.0 Å². The van der Waals surface area contributed by atoms with E-state index >= 15 is 0 Å². The molecule has 2 heterocycles. The molecule has 2 aromatic rings. The molecule has 5 heteroatoms. The molecular formula is C21H29N3O2. The second-order valence-corrected chi connectivity index (χ2v) is 7.04. The van der Waals surface area contributed by atoms with Crippen LogP contribution in [0.15, 0.2) is 48.7 Å². The molecule has 0 saturated carbocycles. The molecule has 0 radical (unpaired) electrons. The predicted octanol–water partition coefficient (Wildman–Crippen LogP) is 2.32. The number of methoxy groups -OCH3 is 1. The highest BCUT2D eigenvalue weighted by molar-refractivity contribution is 5.76. The van der Waals surface area contributed by atoms with Crippen LogP contribution in [0.3, 0.4) is 0 Å². The molecule has 1 aromatic heterocycles. The fourth-order valence-corrected chi connectivity index (χ4v) is 3.62. The van der Waals surface area contributed by atoms with Gasteiger partial charge in [-0.25, -0.2) is 0 Å². The first kappa shape index (κ1) is 18.7. The van der Waals surface area contributed by atoms with Crippen LogP contribution in [0.5, 0.6) is 0 Å². The zero-order chi connectivity index (χ0) is 18.2. The molecule has 140 valence electrons. The van der Waals surface area contributed by atoms with E-state index in [1.54, 1.807) is 7.11 Å². The van der Waals surface area contributed by atoms with Gasteiger partial charge in [-0.1, -0.05) is 30.3 Å². The fourth-order valence-electron chi connectivity index (χ4n) is 3.62. The van der Waals surface area contributed by atoms with E-state index in [1.807, 2.05) is 0 Å². The molecule has 1 atom stereocenters. The van der Waals surface area contributed by atoms with Crippen molar-refractivity contribution in [3.05, 3.63) is 59.9 Å². The Morgan fingerprint density at radius 1 is 1.19 bits per heavy atom. The number of nitrogens with one attached hydrogen (secondary N) is 1. The van der Waals surface area contributed by atoms with Crippen LogP contribution in [0, 0.1) is 5.92 Å². The zero-order valence-electron chi connectivity index (χ0n) is 15.6. The normalized spacial score (nSPS) is 17.5. The van der Waals surface area contributed by atoms with Crippen LogP contribution in [0.2, 0.25) is 0 Å². The number of benzene rings is 1. The van der Waals surface area contributed by atoms with Gasteiger partial charge in [0.1, 0.15) is 0 Å². The molecule has 0 bridgehead atoms. The highest BCUT2D eigenvalue weighted by Crippen LogP contribution is 2.20. The van der Waals surface area contributed by atoms with E-state index in [9.17, 15) is 4.79 Å². The van der Waals surface area contributed by atoms with Crippen LogP contribution in [-0.4, -0.2) is 48.7 Å². The Morgan fingerprint density at radius 2 is 2.04 bits per heavy atom. The van der Waals surface area contributed by atoms with E-state index in [4.69, 9.17) is 4.74 Å². The molecule has 0 unspecified atom stereocenters. The molecular weight excluding hydrogens is 326 g/mol. The van der Waals surface area contributed by atoms with Crippen molar-refractivity contribution in [2.75, 3.05) is 33.4 Å². The van der Waals surface area contributed by atoms with Crippen LogP contribution >= 0.6 is 0 Å². The van der Waals surface area contributed by atoms with Gasteiger partial charge in [0.25, 0.3) is 0 Å². The van der Waals surface area contributed by atoms with E-state index in [1.165, 1.54) is 11.3 Å². The van der Waals surface area contributed by atoms with Gasteiger partial charge in [0.2, 0.25) is 5.91 Å². The van der Waals surface area contributed by atoms with Crippen molar-refractivity contribution in [3.8, 4) is 0 Å². The van der Waals surface area contributed by atoms with Crippen molar-refractivity contribution in [2.24, 2.45) is 5.92 Å². The van der Waals surface area contributed by atoms with Gasteiger partial charge in [0.15, 0.2) is 0 Å². The molecule has 1 amide bonds. The first-order valence-electron chi connectivity index (χ1n) is 9.40. The number of aromatic nitrogens is 1. The van der Waals surface area contributed by atoms with Gasteiger partial charge in [0, 0.05) is 58.1 Å². The minimum absolute atomic E-state index is 0.116. The smallest absolute Gasteiger partial charge is 0.220 e. The lowest BCUT2D eigenvalue weighted by Crippen LogP contribution is -2.34. The number of carbonyl (C=O) groups excluding carboxylic acids is 1. The summed E-state index contributed by atoms with van der Waals surface area (Å²) in [5, 5.41) is 2.95. The lowest BCUT2D eigenvalue weighted by Gasteiger charge is -2.23. The second-order valence-electron chi connectivity index (χ2n) is 7.04. The Balaban J connectivity index is 1.60. The Labute approximate surface area is 156 Å². The standard InChI is InChI=1S/C21H29N3O2/c1-26-13-10-22-21(25)14-19-15-23(12-9-18-6-3-2-4-7-18)17-20-8-5-11-24(20)16-19/h2-8,11,19H,9-10,12-17H2,1H3,(H,22,25)/t19-/m1/s1. The molecule has 0 saturated heterocycles. The summed E-state index contributed by atoms with van der Waals surface area (Å²) in [5.41, 5.74) is 2.70. The zero-order valence-corrected chi connectivity index (χ0v) is 15.6. The number of rotatable bonds is 8. The van der Waals surface area contributed by atoms with Gasteiger partial charge in [-0.3, -0.25) is 9.69 Å². The van der Waals surface area contributed by atoms with Gasteiger partial charge < -0.3 is 14.6 Å². The van der Waals surface area contributed by atoms with Crippen LogP contribution < -0.4 is 5.32 Å². The summed E-state index contributed by atoms with van der Waals surface area (Å²) in [5.74, 6) is 0.438. The maximum atomic E-state index is 12.2. The number of ether oxygens (including phenoxy) is 1. The van der Waals surface area contributed by atoms with E-state index < -0.39 is 0 Å². The minimum Gasteiger partial charge on any atom is -0.383 e. The van der Waals surface area contributed by atoms with Gasteiger partial charge in [-0.2, -0.15) is 0 Å². The Kier molecular flexibility index (Phi) is 6.86. The van der Waals surface area contributed by atoms with Crippen LogP contribution in [0.4, 0.5) is 0 Å². The Hall–Kier alpha value is -2.11. The molecule has 0 aliphatic carbocycles. The molecule has 26 heavy (non-hydrogen) atoms. The first-order valence-corrected chi connectivity index (χ1v) is 9.40. The number of amides is 1. The summed E-state index contributed by atoms with van der Waals surface area (Å²) in [7, 11) is 1.65. The quantitative estimate of drug-likeness (QED) is 0.739. The SMILES string of the molecule is COCCNC(=O)C[C@@H]1CN(CCc2ccccc2)Cc2cccn2C1. The predicted molar refractivity (Wildman–Crippen MR) is 103 cm³/mol. The number of hydrogen-bond donors (Lipinski definition) is 1. The summed E-state index contributed by atoms with van der Waals surface area (Å²) in [6.45, 7) is 4.95. The molecule has 1 N–H and O–H groups in total. The summed E-state index contributed by atoms with van der Waals surface area (Å²) in [6.07, 6.45) is 3.73. The fraction of sp³-hybridized carbons (Fsp3) is 0.476. The second kappa shape index (κ2) is 9.55. The summed E-state index contributed by atoms with van der Waals surface area (Å²) in [4.78, 5) is 14.7. The van der Waals surface area contributed by atoms with Gasteiger partial charge >= 0.3 is 0 Å². The van der Waals surface area contributed by atoms with Gasteiger partial charge in [-0.15, -0.1) is 0 Å². The number of fused-ring (bicyclic) bond motifs is 1. The monoisotopic (exact) mass is 355 g/mol. The molecule has 3 rings (SSSR count). The van der Waals surface area contributed by atoms with E-state index in [-0.39, 0.29) is 5.91 Å². The van der Waals surface area contributed by atoms with Crippen LogP contribution in [0.1, 0.15) is 17.7 Å². The Bertz CT molecular complexity index is 684. The van der Waals surface area contributed by atoms with Crippen LogP contribution in [0.25, 0.3) is 0 Å². The maximum Gasteiger partial charge on any atom is 0.220 e. The highest BCUT2D eigenvalue weighted by Gasteiger charge is 2.23. The molecule has 1 aromatic carbocycles. The van der Waals surface area contributed by atoms with Crippen molar-refractivity contribution in [2.45, 2.75) is 25.9 Å². The van der Waals surface area contributed by atoms with E-state index in [0.717, 1.165) is 32.6 Å². The van der Waals surface area contributed by atoms with Crippen molar-refractivity contribution < 1.29 is 9.53 Å². The third kappa shape index (κ3) is 5.44. The molecule has 1 aliphatic rings. The lowest BCUT2D eigenvalue weighted by atomic mass is 10.0. The van der Waals surface area contributed by atoms with E-state index in [2.05, 4.69) is 63.4 Å². The summed E-state index contributed by atoms with van der Waals surface area (Å²) in [6, 6.07) is 14.9. The average Bonchev–Trinajstić information content (AvgIpc) is 3.00. The molecule has 0 spiro atoms. The van der Waals surface area contributed by atoms with Gasteiger partial charge in [-0.05, 0) is 30.0 Å². The Morgan fingerprint density at radius 3 is 2.85 bits per heavy atom. The first-order chi connectivity index (χ1) is 12.7. The van der Waals surface area contributed by atoms with Crippen molar-refractivity contribution in [3.63, 3.8) is 0 Å². The summed E-state index contributed by atoms with van der Waals surface area (Å²) < 4.78 is 7.30. The average molecular weight is 355 g/mol. The van der Waals surface area contributed by atoms with Gasteiger partial charge in [0.05, 0.1) is 6.61 Å². The van der Waals surface area contributed by atoms with Crippen molar-refractivity contribution >= 4 is 5.91 Å². The van der Waals surface area contributed by atoms with E-state index in [0.29, 0.717) is 25.5 Å². The minimum atomic E-state index is 0.116. The van der Waals surface area contributed by atoms with Crippen molar-refractivity contribution in [1.82, 2.24) is 14.8 Å².